The van der Waals surface area contributed by atoms with Crippen LogP contribution in [0, 0.1) is 0 Å². The van der Waals surface area contributed by atoms with Crippen molar-refractivity contribution in [3.63, 3.8) is 0 Å². The fourth-order valence-electron chi connectivity index (χ4n) is 5.89. The predicted molar refractivity (Wildman–Crippen MR) is 152 cm³/mol. The Hall–Kier alpha value is -2.96. The van der Waals surface area contributed by atoms with E-state index in [9.17, 15) is 9.50 Å². The molecule has 1 N–H and O–H groups in total. The van der Waals surface area contributed by atoms with E-state index >= 15 is 0 Å². The van der Waals surface area contributed by atoms with Crippen LogP contribution >= 0.6 is 11.8 Å². The first-order valence-corrected chi connectivity index (χ1v) is 14.6. The summed E-state index contributed by atoms with van der Waals surface area (Å²) in [4.78, 5) is 3.39. The molecule has 6 heteroatoms. The molecule has 0 radical (unpaired) electrons. The summed E-state index contributed by atoms with van der Waals surface area (Å²) in [6.45, 7) is 4.47. The van der Waals surface area contributed by atoms with E-state index in [1.165, 1.54) is 22.3 Å². The Balaban J connectivity index is 1.34. The molecule has 1 saturated heterocycles. The lowest BCUT2D eigenvalue weighted by Crippen LogP contribution is -2.26. The summed E-state index contributed by atoms with van der Waals surface area (Å²) >= 11 is 1.80. The predicted octanol–water partition coefficient (Wildman–Crippen LogP) is 6.98. The zero-order chi connectivity index (χ0) is 26.1. The summed E-state index contributed by atoms with van der Waals surface area (Å²) < 4.78 is 24.8. The molecule has 3 aliphatic rings. The van der Waals surface area contributed by atoms with Crippen LogP contribution in [0.5, 0.6) is 17.2 Å². The van der Waals surface area contributed by atoms with Crippen molar-refractivity contribution in [3.8, 4) is 17.2 Å². The Morgan fingerprint density at radius 1 is 1.08 bits per heavy atom. The molecule has 0 saturated carbocycles. The number of nitrogens with zero attached hydrogens (tertiary/aromatic N) is 1. The van der Waals surface area contributed by atoms with Gasteiger partial charge in [-0.05, 0) is 102 Å². The minimum atomic E-state index is -0.263. The van der Waals surface area contributed by atoms with E-state index in [0.29, 0.717) is 12.2 Å². The number of phenolic OH excluding ortho intramolecular Hbond substituents is 1. The molecule has 4 nitrogen and oxygen atoms in total. The highest BCUT2D eigenvalue weighted by molar-refractivity contribution is 7.99. The van der Waals surface area contributed by atoms with Gasteiger partial charge in [-0.25, -0.2) is 0 Å². The number of thioether (sulfide) groups is 1. The van der Waals surface area contributed by atoms with E-state index in [-0.39, 0.29) is 18.9 Å². The molecule has 3 aromatic rings. The van der Waals surface area contributed by atoms with Gasteiger partial charge in [-0.2, -0.15) is 0 Å². The van der Waals surface area contributed by atoms with Crippen LogP contribution in [0.1, 0.15) is 48.4 Å². The van der Waals surface area contributed by atoms with Gasteiger partial charge in [-0.1, -0.05) is 18.2 Å². The highest BCUT2D eigenvalue weighted by atomic mass is 32.2. The van der Waals surface area contributed by atoms with Crippen molar-refractivity contribution in [2.45, 2.75) is 49.7 Å². The van der Waals surface area contributed by atoms with E-state index in [1.807, 2.05) is 12.1 Å². The maximum atomic E-state index is 12.5. The van der Waals surface area contributed by atoms with Crippen LogP contribution in [0.15, 0.2) is 65.6 Å². The highest BCUT2D eigenvalue weighted by Gasteiger charge is 2.26. The van der Waals surface area contributed by atoms with Crippen LogP contribution in [0.25, 0.3) is 11.1 Å². The largest absolute Gasteiger partial charge is 0.508 e. The van der Waals surface area contributed by atoms with Gasteiger partial charge in [0, 0.05) is 36.7 Å². The van der Waals surface area contributed by atoms with Gasteiger partial charge in [0.1, 0.15) is 29.5 Å². The monoisotopic (exact) mass is 531 g/mol. The molecule has 38 heavy (non-hydrogen) atoms. The number of ether oxygens (including phenoxy) is 2. The van der Waals surface area contributed by atoms with Gasteiger partial charge < -0.3 is 14.6 Å². The second-order valence-corrected chi connectivity index (χ2v) is 11.6. The van der Waals surface area contributed by atoms with Gasteiger partial charge in [0.2, 0.25) is 0 Å². The van der Waals surface area contributed by atoms with Crippen LogP contribution in [0.3, 0.4) is 0 Å². The Bertz CT molecular complexity index is 1340. The van der Waals surface area contributed by atoms with E-state index in [2.05, 4.69) is 54.3 Å². The van der Waals surface area contributed by atoms with Crippen molar-refractivity contribution >= 4 is 22.9 Å². The Labute approximate surface area is 228 Å². The third-order valence-electron chi connectivity index (χ3n) is 7.67. The standard InChI is InChI=1S/C32H34FNO3S/c1-21-17-24-18-23(5-10-30(24)36-21)28-12-16-38-31-19-25(35)6-9-29(31)32(28)22-3-7-26(8-4-22)37-27-11-15-34(20-27)14-2-13-33/h3-10,18-19,21,27,35H,2,11-17,20H2,1H3/t21?,27-/m0/s1. The molecule has 1 fully saturated rings. The van der Waals surface area contributed by atoms with E-state index in [0.717, 1.165) is 72.2 Å². The van der Waals surface area contributed by atoms with Gasteiger partial charge in [-0.15, -0.1) is 11.8 Å². The Morgan fingerprint density at radius 3 is 2.76 bits per heavy atom. The van der Waals surface area contributed by atoms with Gasteiger partial charge in [0.15, 0.2) is 0 Å². The van der Waals surface area contributed by atoms with Crippen LogP contribution in [0.2, 0.25) is 0 Å². The summed E-state index contributed by atoms with van der Waals surface area (Å²) in [5, 5.41) is 10.2. The molecule has 1 unspecified atom stereocenters. The number of aromatic hydroxyl groups is 1. The second-order valence-electron chi connectivity index (χ2n) is 10.5. The zero-order valence-corrected chi connectivity index (χ0v) is 22.6. The Morgan fingerprint density at radius 2 is 1.92 bits per heavy atom. The lowest BCUT2D eigenvalue weighted by Gasteiger charge is -2.18. The lowest BCUT2D eigenvalue weighted by atomic mass is 9.87. The average molecular weight is 532 g/mol. The number of benzene rings is 3. The summed E-state index contributed by atoms with van der Waals surface area (Å²) in [6, 6.07) is 20.8. The number of likely N-dealkylation sites (tertiary alicyclic amines) is 1. The first-order chi connectivity index (χ1) is 18.6. The zero-order valence-electron chi connectivity index (χ0n) is 21.8. The van der Waals surface area contributed by atoms with Crippen LogP contribution < -0.4 is 9.47 Å². The maximum Gasteiger partial charge on any atom is 0.123 e. The normalized spacial score (nSPS) is 21.1. The minimum Gasteiger partial charge on any atom is -0.508 e. The molecular formula is C32H34FNO3S. The lowest BCUT2D eigenvalue weighted by molar-refractivity contribution is 0.198. The molecule has 3 aromatic carbocycles. The van der Waals surface area contributed by atoms with Crippen molar-refractivity contribution in [2.24, 2.45) is 0 Å². The molecule has 2 atom stereocenters. The van der Waals surface area contributed by atoms with Crippen LogP contribution in [-0.4, -0.2) is 54.3 Å². The van der Waals surface area contributed by atoms with Gasteiger partial charge in [-0.3, -0.25) is 9.29 Å². The molecular weight excluding hydrogens is 497 g/mol. The number of hydrogen-bond acceptors (Lipinski definition) is 5. The molecule has 3 heterocycles. The van der Waals surface area contributed by atoms with Crippen molar-refractivity contribution in [2.75, 3.05) is 32.1 Å². The summed E-state index contributed by atoms with van der Waals surface area (Å²) in [5.41, 5.74) is 7.32. The third-order valence-corrected chi connectivity index (χ3v) is 8.73. The molecule has 0 amide bonds. The van der Waals surface area contributed by atoms with Crippen molar-refractivity contribution in [1.82, 2.24) is 4.90 Å². The first kappa shape index (κ1) is 25.3. The SMILES string of the molecule is CC1Cc2cc(C3=C(c4ccc(O[C@H]5CCN(CCCF)C5)cc4)c4ccc(O)cc4SCC3)ccc2O1. The number of phenols is 1. The second kappa shape index (κ2) is 11.0. The third kappa shape index (κ3) is 5.29. The van der Waals surface area contributed by atoms with Gasteiger partial charge in [0.25, 0.3) is 0 Å². The van der Waals surface area contributed by atoms with Gasteiger partial charge in [0.05, 0.1) is 6.67 Å². The molecule has 6 rings (SSSR count). The summed E-state index contributed by atoms with van der Waals surface area (Å²) in [7, 11) is 0. The minimum absolute atomic E-state index is 0.143. The molecule has 198 valence electrons. The number of fused-ring (bicyclic) bond motifs is 2. The van der Waals surface area contributed by atoms with Crippen LogP contribution in [-0.2, 0) is 6.42 Å². The first-order valence-electron chi connectivity index (χ1n) is 13.6. The number of allylic oxidation sites excluding steroid dienone is 1. The van der Waals surface area contributed by atoms with Crippen molar-refractivity contribution < 1.29 is 19.0 Å². The highest BCUT2D eigenvalue weighted by Crippen LogP contribution is 2.45. The summed E-state index contributed by atoms with van der Waals surface area (Å²) in [6.07, 6.45) is 3.78. The molecule has 3 aliphatic heterocycles. The average Bonchev–Trinajstić information content (AvgIpc) is 3.47. The smallest absolute Gasteiger partial charge is 0.123 e. The fraction of sp³-hybridized carbons (Fsp3) is 0.375. The van der Waals surface area contributed by atoms with E-state index < -0.39 is 0 Å². The van der Waals surface area contributed by atoms with Gasteiger partial charge >= 0.3 is 0 Å². The van der Waals surface area contributed by atoms with Crippen molar-refractivity contribution in [1.29, 1.82) is 0 Å². The van der Waals surface area contributed by atoms with E-state index in [1.54, 1.807) is 17.8 Å². The molecule has 0 spiro atoms. The molecule has 0 aliphatic carbocycles. The fourth-order valence-corrected chi connectivity index (χ4v) is 6.94. The van der Waals surface area contributed by atoms with Crippen LogP contribution in [0.4, 0.5) is 4.39 Å². The van der Waals surface area contributed by atoms with Crippen molar-refractivity contribution in [3.05, 3.63) is 82.9 Å². The molecule has 0 bridgehead atoms. The number of halogens is 1. The number of rotatable bonds is 7. The Kier molecular flexibility index (Phi) is 7.35. The number of hydrogen-bond donors (Lipinski definition) is 1. The summed E-state index contributed by atoms with van der Waals surface area (Å²) in [5.74, 6) is 3.10. The number of alkyl halides is 1. The maximum absolute atomic E-state index is 12.5. The van der Waals surface area contributed by atoms with E-state index in [4.69, 9.17) is 9.47 Å². The molecule has 0 aromatic heterocycles. The topological polar surface area (TPSA) is 41.9 Å². The quantitative estimate of drug-likeness (QED) is 0.356.